The molecule has 0 aliphatic carbocycles. The first-order valence-corrected chi connectivity index (χ1v) is 6.36. The van der Waals surface area contributed by atoms with Crippen LogP contribution in [-0.4, -0.2) is 8.42 Å². The van der Waals surface area contributed by atoms with E-state index in [0.717, 1.165) is 6.92 Å². The second kappa shape index (κ2) is 4.21. The zero-order valence-corrected chi connectivity index (χ0v) is 9.39. The third-order valence-electron chi connectivity index (χ3n) is 1.89. The standard InChI is InChI=1S/C8H5ClF4O2S/c1-3-5(10)7(12)4(2-16(9,14)15)8(13)6(3)11/h2H2,1H3. The summed E-state index contributed by atoms with van der Waals surface area (Å²) in [7, 11) is 0.440. The minimum Gasteiger partial charge on any atom is -0.212 e. The Morgan fingerprint density at radius 2 is 1.38 bits per heavy atom. The minimum atomic E-state index is -4.31. The molecule has 0 unspecified atom stereocenters. The second-order valence-corrected chi connectivity index (χ2v) is 5.82. The number of hydrogen-bond acceptors (Lipinski definition) is 2. The van der Waals surface area contributed by atoms with Gasteiger partial charge in [0.25, 0.3) is 0 Å². The Morgan fingerprint density at radius 1 is 1.00 bits per heavy atom. The summed E-state index contributed by atoms with van der Waals surface area (Å²) in [6.07, 6.45) is 0. The fraction of sp³-hybridized carbons (Fsp3) is 0.250. The summed E-state index contributed by atoms with van der Waals surface area (Å²) in [5.41, 5.74) is -2.10. The van der Waals surface area contributed by atoms with Gasteiger partial charge in [0.1, 0.15) is 0 Å². The van der Waals surface area contributed by atoms with Crippen molar-refractivity contribution in [2.45, 2.75) is 12.7 Å². The zero-order valence-electron chi connectivity index (χ0n) is 7.82. The zero-order chi connectivity index (χ0) is 12.7. The predicted octanol–water partition coefficient (Wildman–Crippen LogP) is 2.62. The predicted molar refractivity (Wildman–Crippen MR) is 49.5 cm³/mol. The quantitative estimate of drug-likeness (QED) is 0.473. The van der Waals surface area contributed by atoms with Gasteiger partial charge >= 0.3 is 0 Å². The van der Waals surface area contributed by atoms with Crippen LogP contribution in [0.3, 0.4) is 0 Å². The van der Waals surface area contributed by atoms with E-state index in [1.165, 1.54) is 0 Å². The molecular weight excluding hydrogens is 272 g/mol. The molecule has 0 bridgehead atoms. The Hall–Kier alpha value is -0.820. The summed E-state index contributed by atoms with van der Waals surface area (Å²) < 4.78 is 73.4. The van der Waals surface area contributed by atoms with Gasteiger partial charge < -0.3 is 0 Å². The average Bonchev–Trinajstić information content (AvgIpc) is 2.17. The van der Waals surface area contributed by atoms with Crippen LogP contribution in [0.4, 0.5) is 17.6 Å². The van der Waals surface area contributed by atoms with Gasteiger partial charge in [-0.25, -0.2) is 26.0 Å². The highest BCUT2D eigenvalue weighted by molar-refractivity contribution is 8.13. The van der Waals surface area contributed by atoms with Crippen LogP contribution in [0, 0.1) is 30.2 Å². The van der Waals surface area contributed by atoms with Crippen LogP contribution in [0.2, 0.25) is 0 Å². The lowest BCUT2D eigenvalue weighted by molar-refractivity contribution is 0.435. The van der Waals surface area contributed by atoms with Gasteiger partial charge in [-0.1, -0.05) is 0 Å². The summed E-state index contributed by atoms with van der Waals surface area (Å²) in [5.74, 6) is -8.08. The van der Waals surface area contributed by atoms with E-state index in [0.29, 0.717) is 0 Å². The largest absolute Gasteiger partial charge is 0.236 e. The highest BCUT2D eigenvalue weighted by Gasteiger charge is 2.25. The molecule has 0 amide bonds. The van der Waals surface area contributed by atoms with Crippen molar-refractivity contribution in [2.75, 3.05) is 0 Å². The monoisotopic (exact) mass is 276 g/mol. The van der Waals surface area contributed by atoms with E-state index in [1.807, 2.05) is 0 Å². The molecule has 8 heteroatoms. The van der Waals surface area contributed by atoms with Crippen LogP contribution in [0.5, 0.6) is 0 Å². The van der Waals surface area contributed by atoms with Gasteiger partial charge in [0.15, 0.2) is 23.3 Å². The van der Waals surface area contributed by atoms with Crippen molar-refractivity contribution < 1.29 is 26.0 Å². The van der Waals surface area contributed by atoms with E-state index in [4.69, 9.17) is 10.7 Å². The lowest BCUT2D eigenvalue weighted by Gasteiger charge is -2.07. The van der Waals surface area contributed by atoms with E-state index in [2.05, 4.69) is 0 Å². The summed E-state index contributed by atoms with van der Waals surface area (Å²) >= 11 is 0. The topological polar surface area (TPSA) is 34.1 Å². The third-order valence-corrected chi connectivity index (χ3v) is 2.85. The second-order valence-electron chi connectivity index (χ2n) is 3.04. The molecule has 16 heavy (non-hydrogen) atoms. The normalized spacial score (nSPS) is 11.9. The first-order chi connectivity index (χ1) is 7.15. The molecule has 1 aromatic carbocycles. The molecule has 0 aliphatic rings. The lowest BCUT2D eigenvalue weighted by Crippen LogP contribution is -2.09. The van der Waals surface area contributed by atoms with E-state index in [9.17, 15) is 26.0 Å². The molecular formula is C8H5ClF4O2S. The van der Waals surface area contributed by atoms with Gasteiger partial charge in [0.05, 0.1) is 5.75 Å². The molecule has 0 aliphatic heterocycles. The molecule has 0 radical (unpaired) electrons. The van der Waals surface area contributed by atoms with Crippen molar-refractivity contribution in [1.82, 2.24) is 0 Å². The van der Waals surface area contributed by atoms with Gasteiger partial charge in [-0.05, 0) is 6.92 Å². The molecule has 0 saturated heterocycles. The van der Waals surface area contributed by atoms with Crippen molar-refractivity contribution in [1.29, 1.82) is 0 Å². The summed E-state index contributed by atoms with van der Waals surface area (Å²) in [6, 6.07) is 0. The van der Waals surface area contributed by atoms with Crippen LogP contribution in [0.1, 0.15) is 11.1 Å². The molecule has 0 saturated carbocycles. The van der Waals surface area contributed by atoms with E-state index in [-0.39, 0.29) is 0 Å². The minimum absolute atomic E-state index is 0.829. The van der Waals surface area contributed by atoms with E-state index in [1.54, 1.807) is 0 Å². The number of rotatable bonds is 2. The molecule has 90 valence electrons. The summed E-state index contributed by atoms with van der Waals surface area (Å²) in [4.78, 5) is 0. The van der Waals surface area contributed by atoms with Gasteiger partial charge in [-0.3, -0.25) is 0 Å². The number of hydrogen-bond donors (Lipinski definition) is 0. The Kier molecular flexibility index (Phi) is 3.49. The Labute approximate surface area is 93.3 Å². The van der Waals surface area contributed by atoms with Crippen molar-refractivity contribution in [3.8, 4) is 0 Å². The van der Waals surface area contributed by atoms with Crippen molar-refractivity contribution in [3.63, 3.8) is 0 Å². The van der Waals surface area contributed by atoms with Gasteiger partial charge in [0, 0.05) is 21.8 Å². The molecule has 1 aromatic rings. The highest BCUT2D eigenvalue weighted by Crippen LogP contribution is 2.25. The fourth-order valence-electron chi connectivity index (χ4n) is 1.09. The SMILES string of the molecule is Cc1c(F)c(F)c(CS(=O)(=O)Cl)c(F)c1F. The number of halogens is 5. The first kappa shape index (κ1) is 13.2. The Balaban J connectivity index is 3.52. The van der Waals surface area contributed by atoms with Crippen LogP contribution < -0.4 is 0 Å². The van der Waals surface area contributed by atoms with E-state index < -0.39 is 49.2 Å². The average molecular weight is 277 g/mol. The molecule has 0 N–H and O–H groups in total. The highest BCUT2D eigenvalue weighted by atomic mass is 35.7. The molecule has 1 rings (SSSR count). The number of benzene rings is 1. The molecule has 2 nitrogen and oxygen atoms in total. The Morgan fingerprint density at radius 3 is 1.69 bits per heavy atom. The maximum absolute atomic E-state index is 13.1. The van der Waals surface area contributed by atoms with Crippen LogP contribution >= 0.6 is 10.7 Å². The maximum atomic E-state index is 13.1. The summed E-state index contributed by atoms with van der Waals surface area (Å²) in [5, 5.41) is 0. The van der Waals surface area contributed by atoms with E-state index >= 15 is 0 Å². The summed E-state index contributed by atoms with van der Waals surface area (Å²) in [6.45, 7) is 0.829. The van der Waals surface area contributed by atoms with Crippen molar-refractivity contribution in [2.24, 2.45) is 0 Å². The van der Waals surface area contributed by atoms with Crippen LogP contribution in [0.15, 0.2) is 0 Å². The van der Waals surface area contributed by atoms with Gasteiger partial charge in [0.2, 0.25) is 9.05 Å². The molecule has 0 heterocycles. The third kappa shape index (κ3) is 2.46. The van der Waals surface area contributed by atoms with Crippen molar-refractivity contribution in [3.05, 3.63) is 34.4 Å². The molecule has 0 aromatic heterocycles. The van der Waals surface area contributed by atoms with Gasteiger partial charge in [-0.15, -0.1) is 0 Å². The maximum Gasteiger partial charge on any atom is 0.236 e. The fourth-order valence-corrected chi connectivity index (χ4v) is 2.01. The molecule has 0 spiro atoms. The first-order valence-electron chi connectivity index (χ1n) is 3.89. The molecule has 0 fully saturated rings. The lowest BCUT2D eigenvalue weighted by atomic mass is 10.1. The van der Waals surface area contributed by atoms with Crippen LogP contribution in [-0.2, 0) is 14.8 Å². The molecule has 0 atom stereocenters. The van der Waals surface area contributed by atoms with Crippen molar-refractivity contribution >= 4 is 19.7 Å². The van der Waals surface area contributed by atoms with Gasteiger partial charge in [-0.2, -0.15) is 0 Å². The van der Waals surface area contributed by atoms with Crippen LogP contribution in [0.25, 0.3) is 0 Å². The Bertz CT molecular complexity index is 512. The smallest absolute Gasteiger partial charge is 0.212 e.